The number of amidine groups is 1. The first-order valence-electron chi connectivity index (χ1n) is 6.46. The van der Waals surface area contributed by atoms with Gasteiger partial charge in [0.1, 0.15) is 5.84 Å². The molecule has 0 aromatic rings. The smallest absolute Gasteiger partial charge is 0.140 e. The minimum Gasteiger partial charge on any atom is -0.409 e. The van der Waals surface area contributed by atoms with Crippen LogP contribution in [0.5, 0.6) is 0 Å². The Hall–Kier alpha value is -0.810. The molecule has 0 aliphatic heterocycles. The number of hydrogen-bond acceptors (Lipinski definition) is 4. The lowest BCUT2D eigenvalue weighted by molar-refractivity contribution is 0.0982. The Morgan fingerprint density at radius 1 is 1.24 bits per heavy atom. The summed E-state index contributed by atoms with van der Waals surface area (Å²) in [5.41, 5.74) is 5.47. The topological polar surface area (TPSA) is 90.9 Å². The molecule has 0 fully saturated rings. The van der Waals surface area contributed by atoms with Gasteiger partial charge in [0.25, 0.3) is 0 Å². The van der Waals surface area contributed by atoms with E-state index in [2.05, 4.69) is 24.3 Å². The van der Waals surface area contributed by atoms with E-state index in [9.17, 15) is 5.11 Å². The highest BCUT2D eigenvalue weighted by molar-refractivity contribution is 5.80. The van der Waals surface area contributed by atoms with Crippen molar-refractivity contribution in [2.45, 2.75) is 58.6 Å². The van der Waals surface area contributed by atoms with Crippen molar-refractivity contribution in [2.24, 2.45) is 16.8 Å². The van der Waals surface area contributed by atoms with Crippen LogP contribution >= 0.6 is 0 Å². The first-order chi connectivity index (χ1) is 8.08. The van der Waals surface area contributed by atoms with Crippen molar-refractivity contribution in [1.82, 2.24) is 5.32 Å². The van der Waals surface area contributed by atoms with Crippen molar-refractivity contribution in [3.8, 4) is 0 Å². The van der Waals surface area contributed by atoms with E-state index in [0.717, 1.165) is 19.3 Å². The van der Waals surface area contributed by atoms with E-state index in [0.29, 0.717) is 18.9 Å². The standard InChI is InChI=1S/C12H27N3O2/c1-4-9(5-2)11(16)8-14-10(6-3)7-12(13)15-17/h9-11,14,16-17H,4-8H2,1-3H3,(H2,13,15). The Kier molecular flexibility index (Phi) is 8.80. The number of hydrogen-bond donors (Lipinski definition) is 4. The summed E-state index contributed by atoms with van der Waals surface area (Å²) in [6.07, 6.45) is 3.02. The van der Waals surface area contributed by atoms with Crippen LogP contribution in [0.3, 0.4) is 0 Å². The molecule has 0 rings (SSSR count). The lowest BCUT2D eigenvalue weighted by Gasteiger charge is -2.23. The van der Waals surface area contributed by atoms with E-state index in [1.54, 1.807) is 0 Å². The van der Waals surface area contributed by atoms with Crippen molar-refractivity contribution in [1.29, 1.82) is 0 Å². The molecule has 5 nitrogen and oxygen atoms in total. The van der Waals surface area contributed by atoms with E-state index in [4.69, 9.17) is 10.9 Å². The van der Waals surface area contributed by atoms with Crippen LogP contribution in [-0.4, -0.2) is 34.8 Å². The maximum Gasteiger partial charge on any atom is 0.140 e. The van der Waals surface area contributed by atoms with Gasteiger partial charge in [-0.25, -0.2) is 0 Å². The predicted molar refractivity (Wildman–Crippen MR) is 70.2 cm³/mol. The molecule has 0 heterocycles. The maximum atomic E-state index is 9.97. The molecule has 0 aromatic carbocycles. The third-order valence-electron chi connectivity index (χ3n) is 3.29. The summed E-state index contributed by atoms with van der Waals surface area (Å²) in [4.78, 5) is 0. The number of nitrogens with one attached hydrogen (secondary N) is 1. The van der Waals surface area contributed by atoms with Gasteiger partial charge in [-0.15, -0.1) is 0 Å². The molecule has 0 radical (unpaired) electrons. The third-order valence-corrected chi connectivity index (χ3v) is 3.29. The van der Waals surface area contributed by atoms with Gasteiger partial charge in [-0.2, -0.15) is 0 Å². The molecule has 0 spiro atoms. The number of nitrogens with two attached hydrogens (primary N) is 1. The van der Waals surface area contributed by atoms with Crippen LogP contribution in [-0.2, 0) is 0 Å². The molecule has 0 aromatic heterocycles. The number of rotatable bonds is 9. The Bertz CT molecular complexity index is 218. The molecule has 0 amide bonds. The number of nitrogens with zero attached hydrogens (tertiary/aromatic N) is 1. The van der Waals surface area contributed by atoms with Crippen LogP contribution < -0.4 is 11.1 Å². The Morgan fingerprint density at radius 3 is 2.24 bits per heavy atom. The highest BCUT2D eigenvalue weighted by atomic mass is 16.4. The zero-order valence-electron chi connectivity index (χ0n) is 11.2. The average molecular weight is 245 g/mol. The summed E-state index contributed by atoms with van der Waals surface area (Å²) in [5.74, 6) is 0.560. The van der Waals surface area contributed by atoms with Crippen LogP contribution in [0.2, 0.25) is 0 Å². The van der Waals surface area contributed by atoms with Gasteiger partial charge in [-0.1, -0.05) is 38.8 Å². The Balaban J connectivity index is 4.05. The van der Waals surface area contributed by atoms with E-state index in [1.165, 1.54) is 0 Å². The zero-order valence-corrected chi connectivity index (χ0v) is 11.2. The second-order valence-electron chi connectivity index (χ2n) is 4.45. The second-order valence-corrected chi connectivity index (χ2v) is 4.45. The van der Waals surface area contributed by atoms with Crippen molar-refractivity contribution in [3.63, 3.8) is 0 Å². The fourth-order valence-electron chi connectivity index (χ4n) is 1.94. The quantitative estimate of drug-likeness (QED) is 0.213. The van der Waals surface area contributed by atoms with Crippen molar-refractivity contribution in [2.75, 3.05) is 6.54 Å². The first kappa shape index (κ1) is 16.2. The Labute approximate surface area is 104 Å². The van der Waals surface area contributed by atoms with Gasteiger partial charge in [0.2, 0.25) is 0 Å². The molecular weight excluding hydrogens is 218 g/mol. The molecule has 5 N–H and O–H groups in total. The van der Waals surface area contributed by atoms with E-state index < -0.39 is 0 Å². The molecule has 2 atom stereocenters. The first-order valence-corrected chi connectivity index (χ1v) is 6.46. The van der Waals surface area contributed by atoms with Gasteiger partial charge < -0.3 is 21.4 Å². The average Bonchev–Trinajstić information content (AvgIpc) is 2.35. The molecule has 0 saturated carbocycles. The third kappa shape index (κ3) is 6.48. The summed E-state index contributed by atoms with van der Waals surface area (Å²) >= 11 is 0. The second kappa shape index (κ2) is 9.24. The number of aliphatic hydroxyl groups is 1. The van der Waals surface area contributed by atoms with Crippen molar-refractivity contribution in [3.05, 3.63) is 0 Å². The molecule has 0 bridgehead atoms. The predicted octanol–water partition coefficient (Wildman–Crippen LogP) is 1.29. The highest BCUT2D eigenvalue weighted by Gasteiger charge is 2.17. The molecule has 17 heavy (non-hydrogen) atoms. The lowest BCUT2D eigenvalue weighted by atomic mass is 9.96. The SMILES string of the molecule is CCC(CC(N)=NO)NCC(O)C(CC)CC. The molecule has 102 valence electrons. The van der Waals surface area contributed by atoms with Gasteiger partial charge in [0.05, 0.1) is 6.10 Å². The molecule has 0 aliphatic carbocycles. The van der Waals surface area contributed by atoms with Crippen molar-refractivity contribution >= 4 is 5.84 Å². The van der Waals surface area contributed by atoms with Crippen LogP contribution in [0.4, 0.5) is 0 Å². The van der Waals surface area contributed by atoms with E-state index >= 15 is 0 Å². The minimum absolute atomic E-state index is 0.148. The van der Waals surface area contributed by atoms with Crippen LogP contribution in [0.25, 0.3) is 0 Å². The Morgan fingerprint density at radius 2 is 1.82 bits per heavy atom. The summed E-state index contributed by atoms with van der Waals surface area (Å²) in [7, 11) is 0. The number of aliphatic hydroxyl groups excluding tert-OH is 1. The molecule has 0 aliphatic rings. The molecule has 5 heteroatoms. The summed E-state index contributed by atoms with van der Waals surface area (Å²) in [6.45, 7) is 6.77. The van der Waals surface area contributed by atoms with Gasteiger partial charge >= 0.3 is 0 Å². The fraction of sp³-hybridized carbons (Fsp3) is 0.917. The van der Waals surface area contributed by atoms with Crippen molar-refractivity contribution < 1.29 is 10.3 Å². The van der Waals surface area contributed by atoms with Gasteiger partial charge in [-0.3, -0.25) is 0 Å². The van der Waals surface area contributed by atoms with Crippen LogP contribution in [0.15, 0.2) is 5.16 Å². The normalized spacial score (nSPS) is 16.2. The molecule has 2 unspecified atom stereocenters. The molecular formula is C12H27N3O2. The van der Waals surface area contributed by atoms with E-state index in [1.807, 2.05) is 6.92 Å². The highest BCUT2D eigenvalue weighted by Crippen LogP contribution is 2.12. The maximum absolute atomic E-state index is 9.97. The zero-order chi connectivity index (χ0) is 13.3. The minimum atomic E-state index is -0.327. The van der Waals surface area contributed by atoms with Gasteiger partial charge in [-0.05, 0) is 12.3 Å². The van der Waals surface area contributed by atoms with Gasteiger partial charge in [0, 0.05) is 19.0 Å². The fourth-order valence-corrected chi connectivity index (χ4v) is 1.94. The van der Waals surface area contributed by atoms with E-state index in [-0.39, 0.29) is 18.0 Å². The summed E-state index contributed by atoms with van der Waals surface area (Å²) in [6, 6.07) is 0.148. The largest absolute Gasteiger partial charge is 0.409 e. The molecule has 0 saturated heterocycles. The summed E-state index contributed by atoms with van der Waals surface area (Å²) < 4.78 is 0. The van der Waals surface area contributed by atoms with Gasteiger partial charge in [0.15, 0.2) is 0 Å². The lowest BCUT2D eigenvalue weighted by Crippen LogP contribution is -2.40. The monoisotopic (exact) mass is 245 g/mol. The number of oxime groups is 1. The van der Waals surface area contributed by atoms with Crippen LogP contribution in [0, 0.1) is 5.92 Å². The summed E-state index contributed by atoms with van der Waals surface area (Å²) in [5, 5.41) is 24.7. The van der Waals surface area contributed by atoms with Crippen LogP contribution in [0.1, 0.15) is 46.5 Å².